The van der Waals surface area contributed by atoms with Crippen LogP contribution in [0.5, 0.6) is 0 Å². The number of carbonyl (C=O) groups excluding carboxylic acids is 1. The van der Waals surface area contributed by atoms with Gasteiger partial charge in [0.1, 0.15) is 0 Å². The van der Waals surface area contributed by atoms with E-state index < -0.39 is 45.5 Å². The summed E-state index contributed by atoms with van der Waals surface area (Å²) in [4.78, 5) is 15.0. The number of rotatable bonds is 3. The molecule has 0 radical (unpaired) electrons. The van der Waals surface area contributed by atoms with E-state index in [4.69, 9.17) is 11.6 Å². The molecule has 1 aliphatic rings. The van der Waals surface area contributed by atoms with Gasteiger partial charge in [-0.25, -0.2) is 0 Å². The zero-order valence-electron chi connectivity index (χ0n) is 16.4. The number of carbonyl (C=O) groups is 1. The fourth-order valence-electron chi connectivity index (χ4n) is 3.94. The van der Waals surface area contributed by atoms with Gasteiger partial charge in [0.05, 0.1) is 27.3 Å². The Morgan fingerprint density at radius 1 is 1.06 bits per heavy atom. The van der Waals surface area contributed by atoms with Gasteiger partial charge in [-0.2, -0.15) is 26.3 Å². The number of piperidine rings is 1. The first-order valence-electron chi connectivity index (χ1n) is 9.38. The maximum Gasteiger partial charge on any atom is 0.417 e. The van der Waals surface area contributed by atoms with Crippen LogP contribution in [0.4, 0.5) is 26.3 Å². The number of likely N-dealkylation sites (tertiary alicyclic amines) is 1. The summed E-state index contributed by atoms with van der Waals surface area (Å²) in [5.74, 6) is -1.18. The van der Waals surface area contributed by atoms with E-state index in [-0.39, 0.29) is 6.07 Å². The zero-order valence-corrected chi connectivity index (χ0v) is 17.1. The summed E-state index contributed by atoms with van der Waals surface area (Å²) in [6.07, 6.45) is -9.14. The highest BCUT2D eigenvalue weighted by molar-refractivity contribution is 6.34. The van der Waals surface area contributed by atoms with Crippen molar-refractivity contribution in [2.45, 2.75) is 30.7 Å². The number of halogens is 7. The van der Waals surface area contributed by atoms with E-state index in [0.717, 1.165) is 6.54 Å². The molecule has 1 amide bonds. The van der Waals surface area contributed by atoms with Crippen molar-refractivity contribution in [1.29, 1.82) is 0 Å². The molecule has 1 fully saturated rings. The topological polar surface area (TPSA) is 32.3 Å². The number of likely N-dealkylation sites (N-methyl/N-ethyl adjacent to an activating group) is 1. The highest BCUT2D eigenvalue weighted by Crippen LogP contribution is 2.41. The Bertz CT molecular complexity index is 961. The van der Waals surface area contributed by atoms with Crippen molar-refractivity contribution in [2.24, 2.45) is 0 Å². The Labute approximate surface area is 180 Å². The van der Waals surface area contributed by atoms with E-state index in [0.29, 0.717) is 31.0 Å². The first-order chi connectivity index (χ1) is 14.3. The van der Waals surface area contributed by atoms with Crippen molar-refractivity contribution in [1.82, 2.24) is 10.2 Å². The number of benzene rings is 2. The first-order valence-corrected chi connectivity index (χ1v) is 9.76. The van der Waals surface area contributed by atoms with E-state index in [1.165, 1.54) is 0 Å². The minimum Gasteiger partial charge on any atom is -0.341 e. The van der Waals surface area contributed by atoms with Gasteiger partial charge in [0.2, 0.25) is 0 Å². The fraction of sp³-hybridized carbons (Fsp3) is 0.381. The summed E-state index contributed by atoms with van der Waals surface area (Å²) in [5.41, 5.74) is -4.65. The smallest absolute Gasteiger partial charge is 0.341 e. The average molecular weight is 465 g/mol. The van der Waals surface area contributed by atoms with Gasteiger partial charge in [-0.1, -0.05) is 41.9 Å². The van der Waals surface area contributed by atoms with Crippen molar-refractivity contribution in [2.75, 3.05) is 20.1 Å². The second kappa shape index (κ2) is 8.35. The maximum absolute atomic E-state index is 13.6. The van der Waals surface area contributed by atoms with Crippen LogP contribution in [0.1, 0.15) is 39.9 Å². The van der Waals surface area contributed by atoms with Crippen molar-refractivity contribution >= 4 is 17.5 Å². The lowest BCUT2D eigenvalue weighted by Gasteiger charge is -2.42. The molecule has 1 aliphatic heterocycles. The number of hydrogen-bond acceptors (Lipinski definition) is 2. The van der Waals surface area contributed by atoms with E-state index in [2.05, 4.69) is 5.32 Å². The van der Waals surface area contributed by atoms with Gasteiger partial charge >= 0.3 is 12.4 Å². The molecule has 0 saturated carbocycles. The summed E-state index contributed by atoms with van der Waals surface area (Å²) in [6.45, 7) is 1.06. The molecule has 1 N–H and O–H groups in total. The minimum atomic E-state index is -5.21. The van der Waals surface area contributed by atoms with Gasteiger partial charge in [-0.15, -0.1) is 0 Å². The Hall–Kier alpha value is -2.26. The molecule has 1 atom stereocenters. The number of nitrogens with one attached hydrogen (secondary N) is 1. The number of hydrogen-bond donors (Lipinski definition) is 1. The van der Waals surface area contributed by atoms with E-state index >= 15 is 0 Å². The molecule has 31 heavy (non-hydrogen) atoms. The van der Waals surface area contributed by atoms with Gasteiger partial charge < -0.3 is 10.2 Å². The third-order valence-electron chi connectivity index (χ3n) is 5.31. The lowest BCUT2D eigenvalue weighted by Crippen LogP contribution is -2.55. The van der Waals surface area contributed by atoms with Gasteiger partial charge in [0.15, 0.2) is 0 Å². The number of amides is 1. The summed E-state index contributed by atoms with van der Waals surface area (Å²) in [7, 11) is 1.81. The summed E-state index contributed by atoms with van der Waals surface area (Å²) < 4.78 is 79.9. The van der Waals surface area contributed by atoms with Crippen LogP contribution < -0.4 is 5.32 Å². The Balaban J connectivity index is 2.09. The van der Waals surface area contributed by atoms with Crippen LogP contribution in [-0.2, 0) is 17.9 Å². The molecule has 0 spiro atoms. The van der Waals surface area contributed by atoms with E-state index in [1.807, 2.05) is 11.9 Å². The molecule has 0 aliphatic carbocycles. The fourth-order valence-corrected chi connectivity index (χ4v) is 4.25. The largest absolute Gasteiger partial charge is 0.417 e. The van der Waals surface area contributed by atoms with Crippen LogP contribution >= 0.6 is 11.6 Å². The third-order valence-corrected chi connectivity index (χ3v) is 5.61. The minimum absolute atomic E-state index is 0.0804. The molecule has 10 heteroatoms. The van der Waals surface area contributed by atoms with Crippen LogP contribution in [0.15, 0.2) is 42.5 Å². The van der Waals surface area contributed by atoms with Crippen molar-refractivity contribution in [3.05, 3.63) is 69.7 Å². The zero-order chi connectivity index (χ0) is 23.0. The predicted octanol–water partition coefficient (Wildman–Crippen LogP) is 5.73. The highest BCUT2D eigenvalue weighted by atomic mass is 35.5. The molecule has 1 heterocycles. The van der Waals surface area contributed by atoms with Crippen LogP contribution in [0.2, 0.25) is 5.02 Å². The van der Waals surface area contributed by atoms with Gasteiger partial charge in [0.25, 0.3) is 5.91 Å². The quantitative estimate of drug-likeness (QED) is 0.588. The highest BCUT2D eigenvalue weighted by Gasteiger charge is 2.43. The van der Waals surface area contributed by atoms with Crippen LogP contribution in [0.25, 0.3) is 0 Å². The lowest BCUT2D eigenvalue weighted by molar-refractivity contribution is -0.143. The molecule has 0 bridgehead atoms. The summed E-state index contributed by atoms with van der Waals surface area (Å²) in [6, 6.07) is 9.00. The summed E-state index contributed by atoms with van der Waals surface area (Å²) >= 11 is 5.81. The molecule has 3 nitrogen and oxygen atoms in total. The molecule has 168 valence electrons. The second-order valence-corrected chi connectivity index (χ2v) is 8.03. The van der Waals surface area contributed by atoms with E-state index in [1.54, 1.807) is 30.3 Å². The normalized spacial score (nSPS) is 20.5. The summed E-state index contributed by atoms with van der Waals surface area (Å²) in [5, 5.41) is 1.75. The molecular formula is C21H19ClF6N2O. The number of nitrogens with zero attached hydrogens (tertiary/aromatic N) is 1. The molecule has 2 aromatic rings. The van der Waals surface area contributed by atoms with Gasteiger partial charge in [0, 0.05) is 6.54 Å². The maximum atomic E-state index is 13.6. The van der Waals surface area contributed by atoms with Crippen LogP contribution in [0, 0.1) is 0 Å². The van der Waals surface area contributed by atoms with Crippen LogP contribution in [-0.4, -0.2) is 30.9 Å². The Kier molecular flexibility index (Phi) is 6.30. The molecule has 1 unspecified atom stereocenters. The molecule has 0 aromatic heterocycles. The Morgan fingerprint density at radius 2 is 1.71 bits per heavy atom. The number of alkyl halides is 6. The monoisotopic (exact) mass is 464 g/mol. The molecular weight excluding hydrogens is 446 g/mol. The van der Waals surface area contributed by atoms with Crippen molar-refractivity contribution in [3.63, 3.8) is 0 Å². The van der Waals surface area contributed by atoms with E-state index in [9.17, 15) is 31.1 Å². The molecule has 3 rings (SSSR count). The average Bonchev–Trinajstić information content (AvgIpc) is 2.66. The standard InChI is InChI=1S/C21H19ClF6N2O/c1-30-9-5-8-19(12-30,13-6-3-2-4-7-13)29-18(31)17-15(21(26,27)28)10-14(11-16(17)22)20(23,24)25/h2-4,6-7,10-11H,5,8-9,12H2,1H3,(H,29,31). The predicted molar refractivity (Wildman–Crippen MR) is 104 cm³/mol. The second-order valence-electron chi connectivity index (χ2n) is 7.62. The SMILES string of the molecule is CN1CCCC(NC(=O)c2c(Cl)cc(C(F)(F)F)cc2C(F)(F)F)(c2ccccc2)C1. The van der Waals surface area contributed by atoms with Gasteiger partial charge in [-0.05, 0) is 44.1 Å². The van der Waals surface area contributed by atoms with Crippen LogP contribution in [0.3, 0.4) is 0 Å². The first kappa shape index (κ1) is 23.4. The van der Waals surface area contributed by atoms with Crippen molar-refractivity contribution < 1.29 is 31.1 Å². The van der Waals surface area contributed by atoms with Crippen molar-refractivity contribution in [3.8, 4) is 0 Å². The third kappa shape index (κ3) is 4.98. The lowest BCUT2D eigenvalue weighted by atomic mass is 9.82. The Morgan fingerprint density at radius 3 is 2.26 bits per heavy atom. The molecule has 1 saturated heterocycles. The molecule has 2 aromatic carbocycles. The van der Waals surface area contributed by atoms with Gasteiger partial charge in [-0.3, -0.25) is 4.79 Å².